The third kappa shape index (κ3) is 8.34. The third-order valence-electron chi connectivity index (χ3n) is 6.60. The van der Waals surface area contributed by atoms with Crippen LogP contribution in [0.3, 0.4) is 0 Å². The number of carbonyl (C=O) groups excluding carboxylic acids is 2. The fourth-order valence-electron chi connectivity index (χ4n) is 4.12. The zero-order valence-corrected chi connectivity index (χ0v) is 23.1. The zero-order valence-electron chi connectivity index (χ0n) is 21.5. The summed E-state index contributed by atoms with van der Waals surface area (Å²) in [6.07, 6.45) is 3.29. The molecule has 0 saturated carbocycles. The van der Waals surface area contributed by atoms with E-state index in [1.165, 1.54) is 5.56 Å². The summed E-state index contributed by atoms with van der Waals surface area (Å²) < 4.78 is 0.981. The summed E-state index contributed by atoms with van der Waals surface area (Å²) in [4.78, 5) is 29.1. The maximum absolute atomic E-state index is 13.7. The molecular weight excluding hydrogens is 512 g/mol. The molecule has 5 heteroatoms. The standard InChI is InChI=1S/C31H37BrN2O2/c1-4-23(3)33-31(36)29(21-26-9-7-6-8-10-26)34(22-27-15-18-28(32)19-16-27)30(35)20-17-25-13-11-24(5-2)12-14-25/h6-16,18-19,23,29H,4-5,17,20-22H2,1-3H3,(H,33,36). The van der Waals surface area contributed by atoms with Crippen molar-refractivity contribution in [3.8, 4) is 0 Å². The molecule has 0 radical (unpaired) electrons. The molecule has 3 rings (SSSR count). The maximum atomic E-state index is 13.7. The van der Waals surface area contributed by atoms with Gasteiger partial charge in [-0.1, -0.05) is 96.5 Å². The molecule has 0 spiro atoms. The molecule has 36 heavy (non-hydrogen) atoms. The first-order chi connectivity index (χ1) is 17.4. The summed E-state index contributed by atoms with van der Waals surface area (Å²) in [5.74, 6) is -0.122. The predicted octanol–water partition coefficient (Wildman–Crippen LogP) is 6.50. The average Bonchev–Trinajstić information content (AvgIpc) is 2.91. The Morgan fingerprint density at radius 3 is 2.06 bits per heavy atom. The number of nitrogens with zero attached hydrogens (tertiary/aromatic N) is 1. The van der Waals surface area contributed by atoms with Gasteiger partial charge in [-0.15, -0.1) is 0 Å². The van der Waals surface area contributed by atoms with Crippen molar-refractivity contribution in [3.63, 3.8) is 0 Å². The van der Waals surface area contributed by atoms with Crippen molar-refractivity contribution >= 4 is 27.7 Å². The minimum atomic E-state index is -0.597. The van der Waals surface area contributed by atoms with E-state index in [9.17, 15) is 9.59 Å². The van der Waals surface area contributed by atoms with Gasteiger partial charge < -0.3 is 10.2 Å². The van der Waals surface area contributed by atoms with Crippen LogP contribution in [0.5, 0.6) is 0 Å². The van der Waals surface area contributed by atoms with Gasteiger partial charge in [0.25, 0.3) is 0 Å². The fourth-order valence-corrected chi connectivity index (χ4v) is 4.38. The van der Waals surface area contributed by atoms with Crippen LogP contribution in [-0.2, 0) is 35.4 Å². The molecule has 1 N–H and O–H groups in total. The first-order valence-electron chi connectivity index (χ1n) is 12.9. The van der Waals surface area contributed by atoms with Crippen molar-refractivity contribution in [2.75, 3.05) is 0 Å². The minimum Gasteiger partial charge on any atom is -0.352 e. The number of amides is 2. The van der Waals surface area contributed by atoms with Crippen LogP contribution >= 0.6 is 15.9 Å². The van der Waals surface area contributed by atoms with E-state index in [4.69, 9.17) is 0 Å². The lowest BCUT2D eigenvalue weighted by Crippen LogP contribution is -2.52. The van der Waals surface area contributed by atoms with Gasteiger partial charge >= 0.3 is 0 Å². The molecular formula is C31H37BrN2O2. The van der Waals surface area contributed by atoms with Crippen LogP contribution in [0.15, 0.2) is 83.3 Å². The van der Waals surface area contributed by atoms with Crippen molar-refractivity contribution in [2.45, 2.75) is 71.5 Å². The highest BCUT2D eigenvalue weighted by atomic mass is 79.9. The Bertz CT molecular complexity index is 1100. The van der Waals surface area contributed by atoms with E-state index >= 15 is 0 Å². The molecule has 0 heterocycles. The Labute approximate surface area is 224 Å². The second-order valence-electron chi connectivity index (χ2n) is 9.34. The lowest BCUT2D eigenvalue weighted by Gasteiger charge is -2.32. The van der Waals surface area contributed by atoms with Crippen LogP contribution in [-0.4, -0.2) is 28.8 Å². The molecule has 3 aromatic carbocycles. The van der Waals surface area contributed by atoms with Gasteiger partial charge in [-0.25, -0.2) is 0 Å². The molecule has 0 aliphatic rings. The van der Waals surface area contributed by atoms with Crippen LogP contribution in [0, 0.1) is 0 Å². The predicted molar refractivity (Wildman–Crippen MR) is 151 cm³/mol. The number of halogens is 1. The van der Waals surface area contributed by atoms with Gasteiger partial charge in [0.1, 0.15) is 6.04 Å². The molecule has 2 atom stereocenters. The number of aryl methyl sites for hydroxylation is 2. The van der Waals surface area contributed by atoms with E-state index in [1.54, 1.807) is 4.90 Å². The summed E-state index contributed by atoms with van der Waals surface area (Å²) in [5, 5.41) is 3.13. The molecule has 0 bridgehead atoms. The molecule has 2 amide bonds. The summed E-state index contributed by atoms with van der Waals surface area (Å²) >= 11 is 3.49. The topological polar surface area (TPSA) is 49.4 Å². The Hall–Kier alpha value is -2.92. The van der Waals surface area contributed by atoms with Crippen molar-refractivity contribution in [1.82, 2.24) is 10.2 Å². The number of rotatable bonds is 12. The Kier molecular flexibility index (Phi) is 10.7. The number of benzene rings is 3. The molecule has 3 aromatic rings. The van der Waals surface area contributed by atoms with E-state index in [0.29, 0.717) is 25.8 Å². The number of hydrogen-bond acceptors (Lipinski definition) is 2. The average molecular weight is 550 g/mol. The quantitative estimate of drug-likeness (QED) is 0.281. The largest absolute Gasteiger partial charge is 0.352 e. The van der Waals surface area contributed by atoms with Crippen LogP contribution < -0.4 is 5.32 Å². The van der Waals surface area contributed by atoms with Gasteiger partial charge in [0.2, 0.25) is 11.8 Å². The Balaban J connectivity index is 1.88. The second-order valence-corrected chi connectivity index (χ2v) is 10.3. The van der Waals surface area contributed by atoms with Crippen molar-refractivity contribution in [1.29, 1.82) is 0 Å². The fraction of sp³-hybridized carbons (Fsp3) is 0.355. The van der Waals surface area contributed by atoms with E-state index in [2.05, 4.69) is 52.4 Å². The van der Waals surface area contributed by atoms with Crippen molar-refractivity contribution in [2.24, 2.45) is 0 Å². The highest BCUT2D eigenvalue weighted by Gasteiger charge is 2.30. The molecule has 4 nitrogen and oxygen atoms in total. The van der Waals surface area contributed by atoms with Gasteiger partial charge in [-0.05, 0) is 60.6 Å². The normalized spacial score (nSPS) is 12.6. The zero-order chi connectivity index (χ0) is 25.9. The molecule has 0 aromatic heterocycles. The van der Waals surface area contributed by atoms with Gasteiger partial charge in [-0.3, -0.25) is 9.59 Å². The van der Waals surface area contributed by atoms with Crippen LogP contribution in [0.25, 0.3) is 0 Å². The maximum Gasteiger partial charge on any atom is 0.243 e. The SMILES string of the molecule is CCc1ccc(CCC(=O)N(Cc2ccc(Br)cc2)C(Cc2ccccc2)C(=O)NC(C)CC)cc1. The van der Waals surface area contributed by atoms with Crippen LogP contribution in [0.2, 0.25) is 0 Å². The summed E-state index contributed by atoms with van der Waals surface area (Å²) in [5.41, 5.74) is 4.44. The lowest BCUT2D eigenvalue weighted by molar-refractivity contribution is -0.141. The van der Waals surface area contributed by atoms with Gasteiger partial charge in [0.15, 0.2) is 0 Å². The Morgan fingerprint density at radius 1 is 0.833 bits per heavy atom. The summed E-state index contributed by atoms with van der Waals surface area (Å²) in [6.45, 7) is 6.56. The van der Waals surface area contributed by atoms with Crippen LogP contribution in [0.4, 0.5) is 0 Å². The number of hydrogen-bond donors (Lipinski definition) is 1. The van der Waals surface area contributed by atoms with Gasteiger partial charge in [0.05, 0.1) is 0 Å². The smallest absolute Gasteiger partial charge is 0.243 e. The number of nitrogens with one attached hydrogen (secondary N) is 1. The summed E-state index contributed by atoms with van der Waals surface area (Å²) in [7, 11) is 0. The van der Waals surface area contributed by atoms with E-state index < -0.39 is 6.04 Å². The van der Waals surface area contributed by atoms with E-state index in [1.807, 2.05) is 68.4 Å². The van der Waals surface area contributed by atoms with E-state index in [-0.39, 0.29) is 17.9 Å². The molecule has 0 aliphatic carbocycles. The second kappa shape index (κ2) is 14.0. The van der Waals surface area contributed by atoms with Crippen molar-refractivity contribution in [3.05, 3.63) is 106 Å². The number of carbonyl (C=O) groups is 2. The van der Waals surface area contributed by atoms with E-state index in [0.717, 1.165) is 34.0 Å². The first-order valence-corrected chi connectivity index (χ1v) is 13.6. The first kappa shape index (κ1) is 27.7. The molecule has 2 unspecified atom stereocenters. The molecule has 0 saturated heterocycles. The summed E-state index contributed by atoms with van der Waals surface area (Å²) in [6, 6.07) is 25.8. The van der Waals surface area contributed by atoms with Crippen molar-refractivity contribution < 1.29 is 9.59 Å². The van der Waals surface area contributed by atoms with Gasteiger partial charge in [-0.2, -0.15) is 0 Å². The minimum absolute atomic E-state index is 0.0160. The Morgan fingerprint density at radius 2 is 1.44 bits per heavy atom. The molecule has 0 fully saturated rings. The highest BCUT2D eigenvalue weighted by Crippen LogP contribution is 2.19. The monoisotopic (exact) mass is 548 g/mol. The van der Waals surface area contributed by atoms with Crippen LogP contribution in [0.1, 0.15) is 55.9 Å². The lowest BCUT2D eigenvalue weighted by atomic mass is 10.0. The highest BCUT2D eigenvalue weighted by molar-refractivity contribution is 9.10. The van der Waals surface area contributed by atoms with Gasteiger partial charge in [0, 0.05) is 29.9 Å². The molecule has 190 valence electrons. The third-order valence-corrected chi connectivity index (χ3v) is 7.13. The molecule has 0 aliphatic heterocycles.